The monoisotopic (exact) mass is 486 g/mol. The van der Waals surface area contributed by atoms with Crippen molar-refractivity contribution in [3.05, 3.63) is 73.7 Å². The zero-order valence-electron chi connectivity index (χ0n) is 18.0. The van der Waals surface area contributed by atoms with Gasteiger partial charge in [0, 0.05) is 36.8 Å². The average Bonchev–Trinajstić information content (AvgIpc) is 2.82. The second-order valence-corrected chi connectivity index (χ2v) is 8.45. The van der Waals surface area contributed by atoms with Crippen molar-refractivity contribution >= 4 is 46.7 Å². The SMILES string of the molecule is CCOC(=O)N1CCN(C(=O)c2ccc3c(=O)n(Cc4ccccc4Cl)c(=S)[nH]c3c2)CC1. The van der Waals surface area contributed by atoms with Crippen LogP contribution in [0.3, 0.4) is 0 Å². The molecule has 0 atom stereocenters. The summed E-state index contributed by atoms with van der Waals surface area (Å²) in [5.41, 5.74) is 1.47. The fourth-order valence-corrected chi connectivity index (χ4v) is 4.27. The van der Waals surface area contributed by atoms with Crippen molar-refractivity contribution in [3.8, 4) is 0 Å². The van der Waals surface area contributed by atoms with Gasteiger partial charge in [0.1, 0.15) is 0 Å². The number of H-pyrrole nitrogens is 1. The molecule has 8 nitrogen and oxygen atoms in total. The zero-order chi connectivity index (χ0) is 23.5. The number of nitrogens with one attached hydrogen (secondary N) is 1. The molecule has 3 aromatic rings. The van der Waals surface area contributed by atoms with Gasteiger partial charge in [0.15, 0.2) is 4.77 Å². The van der Waals surface area contributed by atoms with Crippen LogP contribution in [0.25, 0.3) is 10.9 Å². The van der Waals surface area contributed by atoms with Gasteiger partial charge in [-0.15, -0.1) is 0 Å². The van der Waals surface area contributed by atoms with E-state index in [9.17, 15) is 14.4 Å². The Kier molecular flexibility index (Phi) is 6.80. The van der Waals surface area contributed by atoms with E-state index < -0.39 is 0 Å². The van der Waals surface area contributed by atoms with E-state index in [0.717, 1.165) is 5.56 Å². The molecule has 1 aliphatic rings. The third-order valence-corrected chi connectivity index (χ3v) is 6.30. The number of aromatic amines is 1. The standard InChI is InChI=1S/C23H23ClN4O4S/c1-2-32-23(31)27-11-9-26(10-12-27)20(29)15-7-8-17-19(13-15)25-22(33)28(21(17)30)14-16-5-3-4-6-18(16)24/h3-8,13H,2,9-12,14H2,1H3,(H,25,33). The second-order valence-electron chi connectivity index (χ2n) is 7.65. The van der Waals surface area contributed by atoms with Crippen LogP contribution in [0.15, 0.2) is 47.3 Å². The molecule has 1 fully saturated rings. The molecule has 1 aromatic heterocycles. The lowest BCUT2D eigenvalue weighted by Crippen LogP contribution is -2.50. The fraction of sp³-hybridized carbons (Fsp3) is 0.304. The van der Waals surface area contributed by atoms with E-state index >= 15 is 0 Å². The van der Waals surface area contributed by atoms with Crippen LogP contribution in [-0.4, -0.2) is 64.1 Å². The molecule has 2 heterocycles. The predicted octanol–water partition coefficient (Wildman–Crippen LogP) is 3.68. The lowest BCUT2D eigenvalue weighted by Gasteiger charge is -2.34. The Morgan fingerprint density at radius 2 is 1.79 bits per heavy atom. The summed E-state index contributed by atoms with van der Waals surface area (Å²) in [5.74, 6) is -0.167. The van der Waals surface area contributed by atoms with E-state index in [2.05, 4.69) is 4.98 Å². The van der Waals surface area contributed by atoms with Crippen LogP contribution >= 0.6 is 23.8 Å². The molecule has 0 spiro atoms. The van der Waals surface area contributed by atoms with Crippen LogP contribution < -0.4 is 5.56 Å². The highest BCUT2D eigenvalue weighted by molar-refractivity contribution is 7.71. The highest BCUT2D eigenvalue weighted by atomic mass is 35.5. The molecule has 0 bridgehead atoms. The molecule has 0 unspecified atom stereocenters. The van der Waals surface area contributed by atoms with Crippen LogP contribution in [0, 0.1) is 4.77 Å². The van der Waals surface area contributed by atoms with Crippen LogP contribution in [0.2, 0.25) is 5.02 Å². The van der Waals surface area contributed by atoms with Gasteiger partial charge >= 0.3 is 6.09 Å². The molecule has 0 aliphatic carbocycles. The Balaban J connectivity index is 1.56. The summed E-state index contributed by atoms with van der Waals surface area (Å²) >= 11 is 11.7. The summed E-state index contributed by atoms with van der Waals surface area (Å²) in [6, 6.07) is 12.2. The van der Waals surface area contributed by atoms with Crippen molar-refractivity contribution in [3.63, 3.8) is 0 Å². The number of halogens is 1. The van der Waals surface area contributed by atoms with E-state index in [-0.39, 0.29) is 28.9 Å². The van der Waals surface area contributed by atoms with E-state index in [4.69, 9.17) is 28.6 Å². The number of nitrogens with zero attached hydrogens (tertiary/aromatic N) is 3. The van der Waals surface area contributed by atoms with Crippen molar-refractivity contribution in [1.82, 2.24) is 19.4 Å². The van der Waals surface area contributed by atoms with E-state index in [1.807, 2.05) is 18.2 Å². The van der Waals surface area contributed by atoms with Crippen molar-refractivity contribution in [2.24, 2.45) is 0 Å². The first kappa shape index (κ1) is 23.0. The number of carbonyl (C=O) groups is 2. The van der Waals surface area contributed by atoms with Gasteiger partial charge in [-0.1, -0.05) is 29.8 Å². The first-order chi connectivity index (χ1) is 15.9. The van der Waals surface area contributed by atoms with Crippen LogP contribution in [0.4, 0.5) is 4.79 Å². The zero-order valence-corrected chi connectivity index (χ0v) is 19.6. The molecule has 0 saturated carbocycles. The average molecular weight is 487 g/mol. The summed E-state index contributed by atoms with van der Waals surface area (Å²) < 4.78 is 6.72. The minimum Gasteiger partial charge on any atom is -0.450 e. The van der Waals surface area contributed by atoms with Crippen molar-refractivity contribution < 1.29 is 14.3 Å². The maximum atomic E-state index is 13.1. The maximum absolute atomic E-state index is 13.1. The van der Waals surface area contributed by atoms with Crippen molar-refractivity contribution in [2.75, 3.05) is 32.8 Å². The highest BCUT2D eigenvalue weighted by Crippen LogP contribution is 2.18. The number of fused-ring (bicyclic) bond motifs is 1. The van der Waals surface area contributed by atoms with E-state index in [0.29, 0.717) is 54.3 Å². The summed E-state index contributed by atoms with van der Waals surface area (Å²) in [5, 5.41) is 0.988. The number of ether oxygens (including phenoxy) is 1. The molecule has 1 saturated heterocycles. The van der Waals surface area contributed by atoms with Crippen LogP contribution in [-0.2, 0) is 11.3 Å². The van der Waals surface area contributed by atoms with Crippen LogP contribution in [0.5, 0.6) is 0 Å². The second kappa shape index (κ2) is 9.76. The summed E-state index contributed by atoms with van der Waals surface area (Å²) in [6.45, 7) is 3.96. The van der Waals surface area contributed by atoms with E-state index in [1.54, 1.807) is 41.0 Å². The number of hydrogen-bond donors (Lipinski definition) is 1. The Hall–Kier alpha value is -3.17. The Morgan fingerprint density at radius 3 is 2.48 bits per heavy atom. The van der Waals surface area contributed by atoms with Gasteiger partial charge in [-0.2, -0.15) is 0 Å². The number of piperazine rings is 1. The van der Waals surface area contributed by atoms with Crippen molar-refractivity contribution in [1.29, 1.82) is 0 Å². The minimum atomic E-state index is -0.365. The molecular formula is C23H23ClN4O4S. The van der Waals surface area contributed by atoms with Gasteiger partial charge in [-0.05, 0) is 49.0 Å². The molecular weight excluding hydrogens is 464 g/mol. The smallest absolute Gasteiger partial charge is 0.409 e. The molecule has 0 radical (unpaired) electrons. The molecule has 33 heavy (non-hydrogen) atoms. The quantitative estimate of drug-likeness (QED) is 0.568. The van der Waals surface area contributed by atoms with Gasteiger partial charge in [0.05, 0.1) is 24.1 Å². The number of hydrogen-bond acceptors (Lipinski definition) is 5. The third kappa shape index (κ3) is 4.79. The Labute approximate surface area is 200 Å². The molecule has 10 heteroatoms. The number of aromatic nitrogens is 2. The van der Waals surface area contributed by atoms with E-state index in [1.165, 1.54) is 4.57 Å². The highest BCUT2D eigenvalue weighted by Gasteiger charge is 2.25. The Bertz CT molecular complexity index is 1330. The van der Waals surface area contributed by atoms with Crippen molar-refractivity contribution in [2.45, 2.75) is 13.5 Å². The number of amides is 2. The first-order valence-corrected chi connectivity index (χ1v) is 11.4. The predicted molar refractivity (Wildman–Crippen MR) is 128 cm³/mol. The summed E-state index contributed by atoms with van der Waals surface area (Å²) in [7, 11) is 0. The normalized spacial score (nSPS) is 13.9. The number of carbonyl (C=O) groups excluding carboxylic acids is 2. The maximum Gasteiger partial charge on any atom is 0.409 e. The van der Waals surface area contributed by atoms with Gasteiger partial charge in [-0.3, -0.25) is 14.2 Å². The summed E-state index contributed by atoms with van der Waals surface area (Å²) in [4.78, 5) is 44.3. The number of benzene rings is 2. The molecule has 2 aromatic carbocycles. The molecule has 1 aliphatic heterocycles. The molecule has 1 N–H and O–H groups in total. The van der Waals surface area contributed by atoms with Gasteiger partial charge in [0.25, 0.3) is 11.5 Å². The lowest BCUT2D eigenvalue weighted by molar-refractivity contribution is 0.0570. The van der Waals surface area contributed by atoms with Gasteiger partial charge < -0.3 is 19.5 Å². The fourth-order valence-electron chi connectivity index (χ4n) is 3.82. The number of rotatable bonds is 4. The first-order valence-electron chi connectivity index (χ1n) is 10.6. The van der Waals surface area contributed by atoms with Gasteiger partial charge in [-0.25, -0.2) is 4.79 Å². The lowest BCUT2D eigenvalue weighted by atomic mass is 10.1. The molecule has 2 amide bonds. The topological polar surface area (TPSA) is 87.6 Å². The molecule has 4 rings (SSSR count). The third-order valence-electron chi connectivity index (χ3n) is 5.61. The summed E-state index contributed by atoms with van der Waals surface area (Å²) in [6.07, 6.45) is -0.365. The van der Waals surface area contributed by atoms with Gasteiger partial charge in [0.2, 0.25) is 0 Å². The Morgan fingerprint density at radius 1 is 1.09 bits per heavy atom. The largest absolute Gasteiger partial charge is 0.450 e. The van der Waals surface area contributed by atoms with Crippen LogP contribution in [0.1, 0.15) is 22.8 Å². The minimum absolute atomic E-state index is 0.167. The molecule has 172 valence electrons.